The van der Waals surface area contributed by atoms with E-state index in [1.54, 1.807) is 6.08 Å². The zero-order valence-corrected chi connectivity index (χ0v) is 9.33. The molecule has 0 aliphatic carbocycles. The smallest absolute Gasteiger partial charge is 0.407 e. The Morgan fingerprint density at radius 1 is 1.57 bits per heavy atom. The van der Waals surface area contributed by atoms with E-state index in [9.17, 15) is 4.79 Å². The first kappa shape index (κ1) is 13.0. The van der Waals surface area contributed by atoms with Gasteiger partial charge in [-0.15, -0.1) is 0 Å². The fourth-order valence-corrected chi connectivity index (χ4v) is 0.739. The maximum absolute atomic E-state index is 11.1. The van der Waals surface area contributed by atoms with Gasteiger partial charge in [0.15, 0.2) is 0 Å². The van der Waals surface area contributed by atoms with Crippen LogP contribution in [0.5, 0.6) is 0 Å². The summed E-state index contributed by atoms with van der Waals surface area (Å²) < 4.78 is 5.03. The summed E-state index contributed by atoms with van der Waals surface area (Å²) in [5.74, 6) is 0. The highest BCUT2D eigenvalue weighted by Crippen LogP contribution is 2.05. The monoisotopic (exact) mass is 200 g/mol. The molecule has 3 N–H and O–H groups in total. The molecule has 0 fully saturated rings. The number of amides is 1. The van der Waals surface area contributed by atoms with Crippen molar-refractivity contribution in [2.24, 2.45) is 5.73 Å². The molecule has 1 atom stereocenters. The first-order valence-corrected chi connectivity index (χ1v) is 4.70. The van der Waals surface area contributed by atoms with E-state index in [4.69, 9.17) is 10.5 Å². The minimum absolute atomic E-state index is 0.00966. The van der Waals surface area contributed by atoms with Gasteiger partial charge in [0.05, 0.1) is 0 Å². The van der Waals surface area contributed by atoms with Gasteiger partial charge < -0.3 is 15.8 Å². The van der Waals surface area contributed by atoms with Crippen molar-refractivity contribution in [3.8, 4) is 0 Å². The van der Waals surface area contributed by atoms with E-state index in [1.165, 1.54) is 0 Å². The highest BCUT2D eigenvalue weighted by Gasteiger charge is 2.14. The average molecular weight is 200 g/mol. The molecule has 14 heavy (non-hydrogen) atoms. The number of nitrogens with one attached hydrogen (secondary N) is 1. The van der Waals surface area contributed by atoms with E-state index >= 15 is 0 Å². The van der Waals surface area contributed by atoms with Crippen LogP contribution in [0.1, 0.15) is 27.7 Å². The quantitative estimate of drug-likeness (QED) is 0.677. The van der Waals surface area contributed by atoms with Gasteiger partial charge in [-0.2, -0.15) is 0 Å². The molecule has 1 amide bonds. The lowest BCUT2D eigenvalue weighted by atomic mass is 10.2. The molecule has 4 nitrogen and oxygen atoms in total. The molecule has 0 rings (SSSR count). The molecule has 0 aromatic carbocycles. The van der Waals surface area contributed by atoms with Crippen LogP contribution in [-0.4, -0.2) is 24.3 Å². The van der Waals surface area contributed by atoms with Gasteiger partial charge in [0, 0.05) is 12.6 Å². The molecule has 0 aromatic heterocycles. The summed E-state index contributed by atoms with van der Waals surface area (Å²) in [5, 5.41) is 2.59. The molecule has 0 saturated carbocycles. The van der Waals surface area contributed by atoms with Crippen molar-refractivity contribution in [1.82, 2.24) is 5.32 Å². The molecule has 0 aromatic rings. The standard InChI is InChI=1S/C10H20N2O2/c1-8(11)6-5-7-12-9(13)14-10(2,3)4/h5-6,8H,7,11H2,1-4H3,(H,12,13)/b6-5+. The number of hydrogen-bond acceptors (Lipinski definition) is 3. The van der Waals surface area contributed by atoms with E-state index in [2.05, 4.69) is 5.32 Å². The maximum Gasteiger partial charge on any atom is 0.407 e. The van der Waals surface area contributed by atoms with Crippen LogP contribution < -0.4 is 11.1 Å². The number of carbonyl (C=O) groups excluding carboxylic acids is 1. The molecule has 1 unspecified atom stereocenters. The van der Waals surface area contributed by atoms with Crippen LogP contribution in [-0.2, 0) is 4.74 Å². The second kappa shape index (κ2) is 5.65. The molecule has 82 valence electrons. The number of ether oxygens (including phenoxy) is 1. The van der Waals surface area contributed by atoms with Crippen molar-refractivity contribution in [3.63, 3.8) is 0 Å². The van der Waals surface area contributed by atoms with Crippen molar-refractivity contribution >= 4 is 6.09 Å². The van der Waals surface area contributed by atoms with Gasteiger partial charge in [-0.3, -0.25) is 0 Å². The van der Waals surface area contributed by atoms with Crippen LogP contribution in [0.2, 0.25) is 0 Å². The van der Waals surface area contributed by atoms with Crippen LogP contribution in [0.3, 0.4) is 0 Å². The number of rotatable bonds is 3. The van der Waals surface area contributed by atoms with Crippen molar-refractivity contribution in [3.05, 3.63) is 12.2 Å². The zero-order valence-electron chi connectivity index (χ0n) is 9.33. The van der Waals surface area contributed by atoms with E-state index in [0.29, 0.717) is 6.54 Å². The highest BCUT2D eigenvalue weighted by atomic mass is 16.6. The summed E-state index contributed by atoms with van der Waals surface area (Å²) in [5.41, 5.74) is 5.03. The van der Waals surface area contributed by atoms with Crippen LogP contribution in [0.4, 0.5) is 4.79 Å². The maximum atomic E-state index is 11.1. The van der Waals surface area contributed by atoms with Gasteiger partial charge in [-0.1, -0.05) is 12.2 Å². The third-order valence-corrected chi connectivity index (χ3v) is 1.20. The van der Waals surface area contributed by atoms with E-state index in [1.807, 2.05) is 33.8 Å². The topological polar surface area (TPSA) is 64.3 Å². The van der Waals surface area contributed by atoms with Crippen molar-refractivity contribution in [2.75, 3.05) is 6.54 Å². The molecular formula is C10H20N2O2. The summed E-state index contributed by atoms with van der Waals surface area (Å²) in [6, 6.07) is 0.00966. The Morgan fingerprint density at radius 3 is 2.57 bits per heavy atom. The largest absolute Gasteiger partial charge is 0.444 e. The molecule has 0 aliphatic heterocycles. The molecule has 0 bridgehead atoms. The van der Waals surface area contributed by atoms with Crippen molar-refractivity contribution in [1.29, 1.82) is 0 Å². The zero-order chi connectivity index (χ0) is 11.2. The number of carbonyl (C=O) groups is 1. The average Bonchev–Trinajstić information content (AvgIpc) is 1.94. The van der Waals surface area contributed by atoms with Crippen LogP contribution in [0.15, 0.2) is 12.2 Å². The van der Waals surface area contributed by atoms with Crippen molar-refractivity contribution in [2.45, 2.75) is 39.3 Å². The minimum atomic E-state index is -0.449. The summed E-state index contributed by atoms with van der Waals surface area (Å²) in [6.07, 6.45) is 3.21. The Bertz CT molecular complexity index is 205. The Labute approximate surface area is 85.5 Å². The Morgan fingerprint density at radius 2 is 2.14 bits per heavy atom. The number of nitrogens with two attached hydrogens (primary N) is 1. The van der Waals surface area contributed by atoms with Gasteiger partial charge in [0.2, 0.25) is 0 Å². The SMILES string of the molecule is CC(N)/C=C/CNC(=O)OC(C)(C)C. The lowest BCUT2D eigenvalue weighted by Crippen LogP contribution is -2.32. The predicted octanol–water partition coefficient (Wildman–Crippen LogP) is 1.41. The highest BCUT2D eigenvalue weighted by molar-refractivity contribution is 5.67. The number of alkyl carbamates (subject to hydrolysis) is 1. The molecule has 0 heterocycles. The Hall–Kier alpha value is -1.03. The van der Waals surface area contributed by atoms with E-state index in [0.717, 1.165) is 0 Å². The lowest BCUT2D eigenvalue weighted by molar-refractivity contribution is 0.0534. The Balaban J connectivity index is 3.66. The van der Waals surface area contributed by atoms with Gasteiger partial charge in [0.25, 0.3) is 0 Å². The Kier molecular flexibility index (Phi) is 5.23. The van der Waals surface area contributed by atoms with Crippen LogP contribution in [0.25, 0.3) is 0 Å². The van der Waals surface area contributed by atoms with Gasteiger partial charge >= 0.3 is 6.09 Å². The van der Waals surface area contributed by atoms with E-state index in [-0.39, 0.29) is 6.04 Å². The third-order valence-electron chi connectivity index (χ3n) is 1.20. The predicted molar refractivity (Wildman–Crippen MR) is 57.0 cm³/mol. The fraction of sp³-hybridized carbons (Fsp3) is 0.700. The molecule has 0 aliphatic rings. The summed E-state index contributed by atoms with van der Waals surface area (Å²) >= 11 is 0. The first-order valence-electron chi connectivity index (χ1n) is 4.70. The summed E-state index contributed by atoms with van der Waals surface area (Å²) in [6.45, 7) is 7.78. The second-order valence-corrected chi connectivity index (χ2v) is 4.17. The van der Waals surface area contributed by atoms with Crippen molar-refractivity contribution < 1.29 is 9.53 Å². The minimum Gasteiger partial charge on any atom is -0.444 e. The van der Waals surface area contributed by atoms with Gasteiger partial charge in [-0.25, -0.2) is 4.79 Å². The normalized spacial score (nSPS) is 14.1. The summed E-state index contributed by atoms with van der Waals surface area (Å²) in [7, 11) is 0. The number of hydrogen-bond donors (Lipinski definition) is 2. The molecule has 0 spiro atoms. The fourth-order valence-electron chi connectivity index (χ4n) is 0.739. The lowest BCUT2D eigenvalue weighted by Gasteiger charge is -2.19. The van der Waals surface area contributed by atoms with E-state index < -0.39 is 11.7 Å². The third kappa shape index (κ3) is 9.06. The van der Waals surface area contributed by atoms with Crippen LogP contribution >= 0.6 is 0 Å². The van der Waals surface area contributed by atoms with Gasteiger partial charge in [-0.05, 0) is 27.7 Å². The second-order valence-electron chi connectivity index (χ2n) is 4.17. The molecular weight excluding hydrogens is 180 g/mol. The first-order chi connectivity index (χ1) is 6.31. The summed E-state index contributed by atoms with van der Waals surface area (Å²) in [4.78, 5) is 11.1. The molecule has 0 radical (unpaired) electrons. The van der Waals surface area contributed by atoms with Gasteiger partial charge in [0.1, 0.15) is 5.60 Å². The molecule has 0 saturated heterocycles. The molecule has 4 heteroatoms. The van der Waals surface area contributed by atoms with Crippen LogP contribution in [0, 0.1) is 0 Å².